The quantitative estimate of drug-likeness (QED) is 0.238. The molecule has 1 aromatic heterocycles. The Labute approximate surface area is 259 Å². The van der Waals surface area contributed by atoms with E-state index in [9.17, 15) is 22.8 Å². The molecule has 2 aromatic carbocycles. The molecule has 7 nitrogen and oxygen atoms in total. The summed E-state index contributed by atoms with van der Waals surface area (Å²) in [6.45, 7) is 7.14. The minimum Gasteiger partial charge on any atom is -0.481 e. The number of nitrogens with zero attached hydrogens (tertiary/aromatic N) is 3. The van der Waals surface area contributed by atoms with Crippen LogP contribution < -0.4 is 10.6 Å². The van der Waals surface area contributed by atoms with Crippen LogP contribution in [0, 0.1) is 5.92 Å². The molecule has 0 unspecified atom stereocenters. The van der Waals surface area contributed by atoms with Gasteiger partial charge in [-0.3, -0.25) is 9.59 Å². The summed E-state index contributed by atoms with van der Waals surface area (Å²) in [6.07, 6.45) is 5.91. The minimum atomic E-state index is -4.43. The van der Waals surface area contributed by atoms with E-state index in [2.05, 4.69) is 28.7 Å². The van der Waals surface area contributed by atoms with Crippen LogP contribution >= 0.6 is 11.6 Å². The van der Waals surface area contributed by atoms with Crippen molar-refractivity contribution in [2.24, 2.45) is 11.7 Å². The zero-order chi connectivity index (χ0) is 32.3. The minimum absolute atomic E-state index is 0.0232. The number of benzene rings is 2. The van der Waals surface area contributed by atoms with Crippen LogP contribution in [0.1, 0.15) is 47.8 Å². The highest BCUT2D eigenvalue weighted by atomic mass is 35.5. The van der Waals surface area contributed by atoms with Crippen LogP contribution in [0.5, 0.6) is 0 Å². The van der Waals surface area contributed by atoms with Crippen molar-refractivity contribution in [1.29, 1.82) is 0 Å². The molecule has 0 aliphatic carbocycles. The summed E-state index contributed by atoms with van der Waals surface area (Å²) >= 11 is 5.66. The summed E-state index contributed by atoms with van der Waals surface area (Å²) in [5, 5.41) is 9.08. The molecule has 3 N–H and O–H groups in total. The van der Waals surface area contributed by atoms with E-state index in [0.29, 0.717) is 41.8 Å². The SMILES string of the molecule is C=C/C=C\C(=C/C)C1CCN(c2cc(C(N)=O)nc(-c3ccc(C(F)(F)F)cc3)n2)CC1.O=C(O)CCc1ccc(Cl)cc1. The second kappa shape index (κ2) is 15.9. The molecule has 0 radical (unpaired) electrons. The van der Waals surface area contributed by atoms with Crippen molar-refractivity contribution in [1.82, 2.24) is 9.97 Å². The maximum atomic E-state index is 12.9. The standard InChI is InChI=1S/C24H25F3N4O.C9H9ClO2/c1-3-5-6-16(4-2)17-11-13-31(14-12-17)21-15-20(22(28)32)29-23(30-21)18-7-9-19(10-8-18)24(25,26)27;10-8-4-1-7(2-5-8)3-6-9(11)12/h3-10,15,17H,1,11-14H2,2H3,(H2,28,32);1-2,4-5H,3,6H2,(H,11,12)/b6-5-,16-4+;. The van der Waals surface area contributed by atoms with Crippen molar-refractivity contribution in [3.8, 4) is 11.4 Å². The number of piperidine rings is 1. The molecule has 0 bridgehead atoms. The number of aliphatic carboxylic acids is 1. The van der Waals surface area contributed by atoms with Crippen LogP contribution in [0.3, 0.4) is 0 Å². The van der Waals surface area contributed by atoms with Crippen LogP contribution in [-0.2, 0) is 17.4 Å². The number of anilines is 1. The van der Waals surface area contributed by atoms with Crippen molar-refractivity contribution in [3.63, 3.8) is 0 Å². The summed E-state index contributed by atoms with van der Waals surface area (Å²) in [5.74, 6) is -0.396. The molecular formula is C33H34ClF3N4O3. The summed E-state index contributed by atoms with van der Waals surface area (Å²) in [6, 6.07) is 13.3. The number of carbonyl (C=O) groups excluding carboxylic acids is 1. The highest BCUT2D eigenvalue weighted by Crippen LogP contribution is 2.32. The Morgan fingerprint density at radius 1 is 1.09 bits per heavy atom. The fourth-order valence-corrected chi connectivity index (χ4v) is 4.78. The molecule has 1 aliphatic rings. The second-order valence-electron chi connectivity index (χ2n) is 10.0. The van der Waals surface area contributed by atoms with E-state index in [0.717, 1.165) is 30.5 Å². The molecule has 11 heteroatoms. The number of primary amides is 1. The third-order valence-electron chi connectivity index (χ3n) is 7.02. The fourth-order valence-electron chi connectivity index (χ4n) is 4.65. The molecule has 1 aliphatic heterocycles. The Balaban J connectivity index is 0.000000369. The van der Waals surface area contributed by atoms with E-state index >= 15 is 0 Å². The molecule has 0 spiro atoms. The van der Waals surface area contributed by atoms with Gasteiger partial charge in [-0.05, 0) is 67.5 Å². The van der Waals surface area contributed by atoms with Crippen molar-refractivity contribution in [3.05, 3.63) is 113 Å². The number of rotatable bonds is 9. The maximum Gasteiger partial charge on any atom is 0.416 e. The molecule has 1 fully saturated rings. The predicted molar refractivity (Wildman–Crippen MR) is 166 cm³/mol. The number of carbonyl (C=O) groups is 2. The molecule has 2 heterocycles. The number of hydrogen-bond acceptors (Lipinski definition) is 5. The number of allylic oxidation sites excluding steroid dienone is 5. The van der Waals surface area contributed by atoms with E-state index in [1.165, 1.54) is 23.8 Å². The number of hydrogen-bond donors (Lipinski definition) is 2. The topological polar surface area (TPSA) is 109 Å². The number of carboxylic acid groups (broad SMARTS) is 1. The van der Waals surface area contributed by atoms with Gasteiger partial charge in [0.2, 0.25) is 0 Å². The average Bonchev–Trinajstić information content (AvgIpc) is 3.01. The zero-order valence-electron chi connectivity index (χ0n) is 24.2. The lowest BCUT2D eigenvalue weighted by Crippen LogP contribution is -2.35. The third-order valence-corrected chi connectivity index (χ3v) is 7.28. The first-order valence-corrected chi connectivity index (χ1v) is 14.3. The summed E-state index contributed by atoms with van der Waals surface area (Å²) in [7, 11) is 0. The van der Waals surface area contributed by atoms with Crippen molar-refractivity contribution in [2.75, 3.05) is 18.0 Å². The maximum absolute atomic E-state index is 12.9. The van der Waals surface area contributed by atoms with Gasteiger partial charge in [-0.1, -0.05) is 66.7 Å². The molecule has 3 aromatic rings. The molecule has 0 saturated carbocycles. The Bertz CT molecular complexity index is 1500. The number of amides is 1. The van der Waals surface area contributed by atoms with Crippen molar-refractivity contribution in [2.45, 2.75) is 38.8 Å². The Kier molecular flexibility index (Phi) is 12.3. The normalized spacial score (nSPS) is 14.2. The number of carboxylic acids is 1. The molecular weight excluding hydrogens is 593 g/mol. The lowest BCUT2D eigenvalue weighted by molar-refractivity contribution is -0.138. The van der Waals surface area contributed by atoms with Crippen LogP contribution in [0.4, 0.5) is 19.0 Å². The van der Waals surface area contributed by atoms with Gasteiger partial charge in [-0.15, -0.1) is 0 Å². The Morgan fingerprint density at radius 2 is 1.73 bits per heavy atom. The van der Waals surface area contributed by atoms with E-state index in [-0.39, 0.29) is 17.9 Å². The van der Waals surface area contributed by atoms with Crippen LogP contribution in [0.15, 0.2) is 91.1 Å². The Morgan fingerprint density at radius 3 is 2.25 bits per heavy atom. The molecule has 4 rings (SSSR count). The number of halogens is 4. The first-order chi connectivity index (χ1) is 20.9. The molecule has 44 heavy (non-hydrogen) atoms. The van der Waals surface area contributed by atoms with Crippen LogP contribution in [0.2, 0.25) is 5.02 Å². The lowest BCUT2D eigenvalue weighted by Gasteiger charge is -2.33. The summed E-state index contributed by atoms with van der Waals surface area (Å²) in [4.78, 5) is 32.8. The van der Waals surface area contributed by atoms with Gasteiger partial charge in [0.15, 0.2) is 5.82 Å². The van der Waals surface area contributed by atoms with E-state index in [1.807, 2.05) is 30.0 Å². The van der Waals surface area contributed by atoms with Crippen LogP contribution in [-0.4, -0.2) is 40.0 Å². The van der Waals surface area contributed by atoms with Gasteiger partial charge in [0, 0.05) is 36.2 Å². The summed E-state index contributed by atoms with van der Waals surface area (Å²) in [5.41, 5.74) is 7.33. The lowest BCUT2D eigenvalue weighted by atomic mass is 9.88. The number of nitrogens with two attached hydrogens (primary N) is 1. The monoisotopic (exact) mass is 626 g/mol. The summed E-state index contributed by atoms with van der Waals surface area (Å²) < 4.78 is 38.6. The molecule has 0 atom stereocenters. The second-order valence-corrected chi connectivity index (χ2v) is 10.5. The van der Waals surface area contributed by atoms with Crippen molar-refractivity contribution >= 4 is 29.3 Å². The fraction of sp³-hybridized carbons (Fsp3) is 0.273. The molecule has 232 valence electrons. The van der Waals surface area contributed by atoms with Gasteiger partial charge in [-0.25, -0.2) is 9.97 Å². The highest BCUT2D eigenvalue weighted by molar-refractivity contribution is 6.30. The van der Waals surface area contributed by atoms with E-state index in [1.54, 1.807) is 18.2 Å². The average molecular weight is 627 g/mol. The molecule has 1 saturated heterocycles. The van der Waals surface area contributed by atoms with Gasteiger partial charge in [0.05, 0.1) is 5.56 Å². The van der Waals surface area contributed by atoms with Gasteiger partial charge in [0.25, 0.3) is 5.91 Å². The van der Waals surface area contributed by atoms with Gasteiger partial charge in [-0.2, -0.15) is 13.2 Å². The third kappa shape index (κ3) is 10.1. The van der Waals surface area contributed by atoms with E-state index in [4.69, 9.17) is 22.4 Å². The largest absolute Gasteiger partial charge is 0.481 e. The van der Waals surface area contributed by atoms with Gasteiger partial charge >= 0.3 is 12.1 Å². The predicted octanol–water partition coefficient (Wildman–Crippen LogP) is 7.52. The van der Waals surface area contributed by atoms with Crippen LogP contribution in [0.25, 0.3) is 11.4 Å². The first-order valence-electron chi connectivity index (χ1n) is 13.9. The highest BCUT2D eigenvalue weighted by Gasteiger charge is 2.30. The van der Waals surface area contributed by atoms with Gasteiger partial charge in [0.1, 0.15) is 11.5 Å². The Hall–Kier alpha value is -4.44. The number of alkyl halides is 3. The number of aryl methyl sites for hydroxylation is 1. The van der Waals surface area contributed by atoms with Crippen molar-refractivity contribution < 1.29 is 27.9 Å². The zero-order valence-corrected chi connectivity index (χ0v) is 25.0. The van der Waals surface area contributed by atoms with E-state index < -0.39 is 23.6 Å². The first kappa shape index (κ1) is 34.1. The van der Waals surface area contributed by atoms with Gasteiger partial charge < -0.3 is 15.7 Å². The number of aromatic nitrogens is 2. The molecule has 1 amide bonds. The smallest absolute Gasteiger partial charge is 0.416 e.